The molecule has 0 bridgehead atoms. The highest BCUT2D eigenvalue weighted by atomic mass is 32.1. The van der Waals surface area contributed by atoms with Crippen molar-refractivity contribution in [1.29, 1.82) is 0 Å². The van der Waals surface area contributed by atoms with Crippen LogP contribution in [0.3, 0.4) is 0 Å². The molecule has 1 N–H and O–H groups in total. The molecule has 3 rings (SSSR count). The molecule has 3 aromatic rings. The lowest BCUT2D eigenvalue weighted by atomic mass is 9.97. The molecule has 1 aromatic heterocycles. The lowest BCUT2D eigenvalue weighted by Crippen LogP contribution is -2.15. The third-order valence-corrected chi connectivity index (χ3v) is 5.17. The molecule has 0 unspecified atom stereocenters. The third kappa shape index (κ3) is 4.12. The Balaban J connectivity index is 2.01. The zero-order chi connectivity index (χ0) is 20.3. The van der Waals surface area contributed by atoms with Crippen LogP contribution in [0, 0.1) is 19.7 Å². The van der Waals surface area contributed by atoms with Gasteiger partial charge in [-0.25, -0.2) is 9.18 Å². The van der Waals surface area contributed by atoms with Crippen molar-refractivity contribution < 1.29 is 18.7 Å². The zero-order valence-corrected chi connectivity index (χ0v) is 16.7. The minimum absolute atomic E-state index is 0.229. The predicted molar refractivity (Wildman–Crippen MR) is 110 cm³/mol. The van der Waals surface area contributed by atoms with Gasteiger partial charge < -0.3 is 10.1 Å². The van der Waals surface area contributed by atoms with Crippen LogP contribution < -0.4 is 5.32 Å². The maximum Gasteiger partial charge on any atom is 0.341 e. The Hall–Kier alpha value is -2.99. The summed E-state index contributed by atoms with van der Waals surface area (Å²) in [7, 11) is 0. The van der Waals surface area contributed by atoms with Gasteiger partial charge in [-0.05, 0) is 56.2 Å². The molecule has 1 amide bonds. The Morgan fingerprint density at radius 2 is 1.79 bits per heavy atom. The number of amides is 1. The van der Waals surface area contributed by atoms with Gasteiger partial charge in [0.05, 0.1) is 6.61 Å². The number of hydrogen-bond acceptors (Lipinski definition) is 4. The number of carbonyl (C=O) groups is 2. The first-order valence-electron chi connectivity index (χ1n) is 8.84. The maximum absolute atomic E-state index is 13.1. The van der Waals surface area contributed by atoms with Crippen LogP contribution in [-0.2, 0) is 4.74 Å². The van der Waals surface area contributed by atoms with Crippen LogP contribution >= 0.6 is 11.3 Å². The molecule has 1 heterocycles. The summed E-state index contributed by atoms with van der Waals surface area (Å²) in [6.45, 7) is 5.95. The van der Waals surface area contributed by atoms with Crippen LogP contribution in [0.15, 0.2) is 47.8 Å². The summed E-state index contributed by atoms with van der Waals surface area (Å²) < 4.78 is 18.3. The predicted octanol–water partition coefficient (Wildman–Crippen LogP) is 5.60. The van der Waals surface area contributed by atoms with E-state index < -0.39 is 17.7 Å². The fourth-order valence-electron chi connectivity index (χ4n) is 2.95. The molecule has 4 nitrogen and oxygen atoms in total. The van der Waals surface area contributed by atoms with Crippen molar-refractivity contribution >= 4 is 28.2 Å². The average molecular weight is 397 g/mol. The molecule has 0 atom stereocenters. The smallest absolute Gasteiger partial charge is 0.341 e. The van der Waals surface area contributed by atoms with E-state index in [4.69, 9.17) is 4.74 Å². The quantitative estimate of drug-likeness (QED) is 0.570. The van der Waals surface area contributed by atoms with Gasteiger partial charge in [-0.3, -0.25) is 4.79 Å². The second-order valence-corrected chi connectivity index (χ2v) is 7.23. The summed E-state index contributed by atoms with van der Waals surface area (Å²) in [4.78, 5) is 25.2. The minimum Gasteiger partial charge on any atom is -0.462 e. The van der Waals surface area contributed by atoms with Gasteiger partial charge in [0.2, 0.25) is 0 Å². The van der Waals surface area contributed by atoms with E-state index in [1.165, 1.54) is 35.6 Å². The van der Waals surface area contributed by atoms with E-state index in [1.807, 2.05) is 37.4 Å². The van der Waals surface area contributed by atoms with Crippen molar-refractivity contribution in [2.24, 2.45) is 0 Å². The monoisotopic (exact) mass is 397 g/mol. The van der Waals surface area contributed by atoms with Crippen LogP contribution in [0.5, 0.6) is 0 Å². The number of aryl methyl sites for hydroxylation is 2. The van der Waals surface area contributed by atoms with E-state index in [2.05, 4.69) is 5.32 Å². The number of anilines is 1. The standard InChI is InChI=1S/C22H20FNO3S/c1-4-27-22(26)19-18(17-10-5-13(2)11-14(17)3)12-28-21(19)24-20(25)15-6-8-16(23)9-7-15/h5-12H,4H2,1-3H3,(H,24,25). The molecule has 0 saturated heterocycles. The number of ether oxygens (including phenoxy) is 1. The van der Waals surface area contributed by atoms with Crippen molar-refractivity contribution in [2.75, 3.05) is 11.9 Å². The largest absolute Gasteiger partial charge is 0.462 e. The topological polar surface area (TPSA) is 55.4 Å². The summed E-state index contributed by atoms with van der Waals surface area (Å²) in [5, 5.41) is 5.01. The van der Waals surface area contributed by atoms with Gasteiger partial charge in [-0.1, -0.05) is 23.8 Å². The molecule has 0 saturated carbocycles. The van der Waals surface area contributed by atoms with E-state index in [0.717, 1.165) is 22.3 Å². The van der Waals surface area contributed by atoms with Crippen LogP contribution in [0.2, 0.25) is 0 Å². The fraction of sp³-hybridized carbons (Fsp3) is 0.182. The second-order valence-electron chi connectivity index (χ2n) is 6.35. The van der Waals surface area contributed by atoms with Crippen LogP contribution in [-0.4, -0.2) is 18.5 Å². The van der Waals surface area contributed by atoms with Crippen LogP contribution in [0.1, 0.15) is 38.8 Å². The highest BCUT2D eigenvalue weighted by Gasteiger charge is 2.24. The molecule has 2 aromatic carbocycles. The maximum atomic E-state index is 13.1. The summed E-state index contributed by atoms with van der Waals surface area (Å²) in [5.41, 5.74) is 4.41. The van der Waals surface area contributed by atoms with Gasteiger partial charge in [-0.2, -0.15) is 0 Å². The molecule has 0 fully saturated rings. The third-order valence-electron chi connectivity index (χ3n) is 4.28. The molecule has 0 spiro atoms. The van der Waals surface area contributed by atoms with Crippen molar-refractivity contribution in [1.82, 2.24) is 0 Å². The van der Waals surface area contributed by atoms with Crippen molar-refractivity contribution in [3.8, 4) is 11.1 Å². The Morgan fingerprint density at radius 3 is 2.43 bits per heavy atom. The van der Waals surface area contributed by atoms with Crippen LogP contribution in [0.25, 0.3) is 11.1 Å². The van der Waals surface area contributed by atoms with Crippen molar-refractivity contribution in [3.63, 3.8) is 0 Å². The normalized spacial score (nSPS) is 10.6. The summed E-state index contributed by atoms with van der Waals surface area (Å²) in [6, 6.07) is 11.2. The molecular weight excluding hydrogens is 377 g/mol. The van der Waals surface area contributed by atoms with E-state index in [-0.39, 0.29) is 6.61 Å². The Labute approximate surface area is 167 Å². The number of esters is 1. The lowest BCUT2D eigenvalue weighted by Gasteiger charge is -2.11. The first-order valence-corrected chi connectivity index (χ1v) is 9.71. The lowest BCUT2D eigenvalue weighted by molar-refractivity contribution is 0.0529. The minimum atomic E-state index is -0.492. The first kappa shape index (κ1) is 19.8. The highest BCUT2D eigenvalue weighted by Crippen LogP contribution is 2.38. The molecule has 0 aliphatic heterocycles. The number of rotatable bonds is 5. The van der Waals surface area contributed by atoms with Crippen molar-refractivity contribution in [2.45, 2.75) is 20.8 Å². The molecule has 0 aliphatic rings. The second kappa shape index (κ2) is 8.35. The van der Waals surface area contributed by atoms with Crippen molar-refractivity contribution in [3.05, 3.63) is 75.9 Å². The summed E-state index contributed by atoms with van der Waals surface area (Å²) in [5.74, 6) is -1.33. The van der Waals surface area contributed by atoms with E-state index in [9.17, 15) is 14.0 Å². The molecule has 0 radical (unpaired) electrons. The fourth-order valence-corrected chi connectivity index (χ4v) is 3.89. The van der Waals surface area contributed by atoms with Gasteiger partial charge in [0.15, 0.2) is 0 Å². The molecular formula is C22H20FNO3S. The summed E-state index contributed by atoms with van der Waals surface area (Å²) >= 11 is 1.26. The van der Waals surface area contributed by atoms with Gasteiger partial charge in [0, 0.05) is 16.5 Å². The number of halogens is 1. The first-order chi connectivity index (χ1) is 13.4. The molecule has 6 heteroatoms. The Kier molecular flexibility index (Phi) is 5.90. The molecule has 0 aliphatic carbocycles. The van der Waals surface area contributed by atoms with Gasteiger partial charge in [-0.15, -0.1) is 11.3 Å². The summed E-state index contributed by atoms with van der Waals surface area (Å²) in [6.07, 6.45) is 0. The number of benzene rings is 2. The number of hydrogen-bond donors (Lipinski definition) is 1. The number of nitrogens with one attached hydrogen (secondary N) is 1. The van der Waals surface area contributed by atoms with E-state index in [1.54, 1.807) is 6.92 Å². The average Bonchev–Trinajstić information content (AvgIpc) is 3.05. The number of carbonyl (C=O) groups excluding carboxylic acids is 2. The van der Waals surface area contributed by atoms with E-state index in [0.29, 0.717) is 16.1 Å². The van der Waals surface area contributed by atoms with Gasteiger partial charge in [0.25, 0.3) is 5.91 Å². The van der Waals surface area contributed by atoms with Crippen LogP contribution in [0.4, 0.5) is 9.39 Å². The van der Waals surface area contributed by atoms with E-state index >= 15 is 0 Å². The Morgan fingerprint density at radius 1 is 1.07 bits per heavy atom. The Bertz CT molecular complexity index is 1020. The molecule has 28 heavy (non-hydrogen) atoms. The van der Waals surface area contributed by atoms with Gasteiger partial charge >= 0.3 is 5.97 Å². The zero-order valence-electron chi connectivity index (χ0n) is 15.8. The SMILES string of the molecule is CCOC(=O)c1c(-c2ccc(C)cc2C)csc1NC(=O)c1ccc(F)cc1. The van der Waals surface area contributed by atoms with Gasteiger partial charge in [0.1, 0.15) is 16.4 Å². The molecule has 144 valence electrons. The number of thiophene rings is 1. The highest BCUT2D eigenvalue weighted by molar-refractivity contribution is 7.15.